The van der Waals surface area contributed by atoms with Crippen molar-refractivity contribution in [1.82, 2.24) is 4.57 Å². The minimum absolute atomic E-state index is 0.696. The molecule has 2 aromatic carbocycles. The van der Waals surface area contributed by atoms with Crippen LogP contribution in [0.15, 0.2) is 48.7 Å². The van der Waals surface area contributed by atoms with Crippen LogP contribution in [-0.2, 0) is 6.54 Å². The average Bonchev–Trinajstić information content (AvgIpc) is 2.78. The molecule has 0 bridgehead atoms. The molecule has 0 radical (unpaired) electrons. The van der Waals surface area contributed by atoms with Crippen LogP contribution in [0.3, 0.4) is 0 Å². The molecular weight excluding hydrogens is 256 g/mol. The molecule has 0 spiro atoms. The van der Waals surface area contributed by atoms with Crippen molar-refractivity contribution in [1.29, 1.82) is 0 Å². The zero-order chi connectivity index (χ0) is 13.4. The Hall–Kier alpha value is -1.93. The van der Waals surface area contributed by atoms with Gasteiger partial charge in [-0.2, -0.15) is 0 Å². The van der Waals surface area contributed by atoms with Crippen LogP contribution in [0.1, 0.15) is 11.1 Å². The number of nitrogens with zero attached hydrogens (tertiary/aromatic N) is 1. The monoisotopic (exact) mass is 270 g/mol. The Morgan fingerprint density at radius 3 is 2.79 bits per heavy atom. The van der Waals surface area contributed by atoms with Crippen LogP contribution >= 0.6 is 11.6 Å². The summed E-state index contributed by atoms with van der Waals surface area (Å²) >= 11 is 6.24. The molecule has 1 aromatic heterocycles. The van der Waals surface area contributed by atoms with Gasteiger partial charge < -0.3 is 10.3 Å². The summed E-state index contributed by atoms with van der Waals surface area (Å²) in [7, 11) is 0. The van der Waals surface area contributed by atoms with Crippen molar-refractivity contribution < 1.29 is 0 Å². The van der Waals surface area contributed by atoms with Crippen molar-refractivity contribution in [3.63, 3.8) is 0 Å². The lowest BCUT2D eigenvalue weighted by Gasteiger charge is -2.08. The third kappa shape index (κ3) is 2.20. The maximum atomic E-state index is 6.24. The fraction of sp³-hybridized carbons (Fsp3) is 0.125. The van der Waals surface area contributed by atoms with Gasteiger partial charge in [0, 0.05) is 34.4 Å². The molecule has 3 rings (SSSR count). The molecule has 0 aliphatic rings. The smallest absolute Gasteiger partial charge is 0.0490 e. The zero-order valence-corrected chi connectivity index (χ0v) is 11.5. The van der Waals surface area contributed by atoms with E-state index >= 15 is 0 Å². The second kappa shape index (κ2) is 4.63. The third-order valence-corrected chi connectivity index (χ3v) is 3.80. The van der Waals surface area contributed by atoms with E-state index in [1.54, 1.807) is 6.07 Å². The number of rotatable bonds is 2. The van der Waals surface area contributed by atoms with Crippen LogP contribution in [0, 0.1) is 6.92 Å². The molecule has 0 aliphatic heterocycles. The van der Waals surface area contributed by atoms with Gasteiger partial charge in [0.2, 0.25) is 0 Å². The van der Waals surface area contributed by atoms with Gasteiger partial charge in [-0.25, -0.2) is 0 Å². The number of hydrogen-bond donors (Lipinski definition) is 1. The topological polar surface area (TPSA) is 30.9 Å². The van der Waals surface area contributed by atoms with Crippen molar-refractivity contribution in [2.45, 2.75) is 13.5 Å². The Morgan fingerprint density at radius 2 is 2.00 bits per heavy atom. The summed E-state index contributed by atoms with van der Waals surface area (Å²) in [5.41, 5.74) is 10.0. The number of aromatic nitrogens is 1. The fourth-order valence-electron chi connectivity index (χ4n) is 2.39. The molecule has 3 aromatic rings. The number of halogens is 1. The van der Waals surface area contributed by atoms with E-state index in [2.05, 4.69) is 42.0 Å². The highest BCUT2D eigenvalue weighted by Gasteiger charge is 2.06. The van der Waals surface area contributed by atoms with Gasteiger partial charge in [0.15, 0.2) is 0 Å². The van der Waals surface area contributed by atoms with E-state index in [9.17, 15) is 0 Å². The fourth-order valence-corrected chi connectivity index (χ4v) is 2.64. The van der Waals surface area contributed by atoms with E-state index in [0.29, 0.717) is 5.69 Å². The average molecular weight is 271 g/mol. The summed E-state index contributed by atoms with van der Waals surface area (Å²) in [6, 6.07) is 14.2. The molecule has 0 saturated heterocycles. The quantitative estimate of drug-likeness (QED) is 0.694. The summed E-state index contributed by atoms with van der Waals surface area (Å²) in [5.74, 6) is 0. The first-order valence-electron chi connectivity index (χ1n) is 6.23. The van der Waals surface area contributed by atoms with Gasteiger partial charge in [0.05, 0.1) is 0 Å². The van der Waals surface area contributed by atoms with Crippen LogP contribution in [-0.4, -0.2) is 4.57 Å². The minimum Gasteiger partial charge on any atom is -0.399 e. The van der Waals surface area contributed by atoms with Crippen LogP contribution in [0.4, 0.5) is 5.69 Å². The van der Waals surface area contributed by atoms with Gasteiger partial charge in [-0.05, 0) is 42.3 Å². The predicted octanol–water partition coefficient (Wildman–Crippen LogP) is 4.23. The first-order chi connectivity index (χ1) is 9.15. The highest BCUT2D eigenvalue weighted by atomic mass is 35.5. The highest BCUT2D eigenvalue weighted by molar-refractivity contribution is 6.31. The second-order valence-electron chi connectivity index (χ2n) is 4.80. The van der Waals surface area contributed by atoms with Gasteiger partial charge in [-0.1, -0.05) is 29.8 Å². The standard InChI is InChI=1S/C16H15ClN2/c1-11-3-2-4-16-14(11)7-8-19(16)10-12-5-6-13(18)9-15(12)17/h2-9H,10,18H2,1H3. The van der Waals surface area contributed by atoms with E-state index in [1.807, 2.05) is 12.1 Å². The second-order valence-corrected chi connectivity index (χ2v) is 5.21. The van der Waals surface area contributed by atoms with Crippen LogP contribution < -0.4 is 5.73 Å². The molecule has 0 aliphatic carbocycles. The Balaban J connectivity index is 2.04. The van der Waals surface area contributed by atoms with E-state index in [-0.39, 0.29) is 0 Å². The van der Waals surface area contributed by atoms with E-state index in [4.69, 9.17) is 17.3 Å². The lowest BCUT2D eigenvalue weighted by molar-refractivity contribution is 0.837. The maximum absolute atomic E-state index is 6.24. The van der Waals surface area contributed by atoms with Crippen LogP contribution in [0.5, 0.6) is 0 Å². The number of nitrogens with two attached hydrogens (primary N) is 1. The van der Waals surface area contributed by atoms with Gasteiger partial charge in [-0.15, -0.1) is 0 Å². The number of benzene rings is 2. The summed E-state index contributed by atoms with van der Waals surface area (Å²) < 4.78 is 2.21. The van der Waals surface area contributed by atoms with Gasteiger partial charge in [0.1, 0.15) is 0 Å². The number of fused-ring (bicyclic) bond motifs is 1. The molecule has 0 saturated carbocycles. The molecule has 19 heavy (non-hydrogen) atoms. The first kappa shape index (κ1) is 12.1. The summed E-state index contributed by atoms with van der Waals surface area (Å²) in [4.78, 5) is 0. The molecule has 1 heterocycles. The predicted molar refractivity (Wildman–Crippen MR) is 81.6 cm³/mol. The Kier molecular flexibility index (Phi) is 2.96. The van der Waals surface area contributed by atoms with Crippen molar-refractivity contribution >= 4 is 28.2 Å². The third-order valence-electron chi connectivity index (χ3n) is 3.45. The summed E-state index contributed by atoms with van der Waals surface area (Å²) in [6.45, 7) is 2.88. The van der Waals surface area contributed by atoms with Crippen molar-refractivity contribution in [2.24, 2.45) is 0 Å². The lowest BCUT2D eigenvalue weighted by atomic mass is 10.1. The number of hydrogen-bond acceptors (Lipinski definition) is 1. The molecule has 0 fully saturated rings. The SMILES string of the molecule is Cc1cccc2c1ccn2Cc1ccc(N)cc1Cl. The largest absolute Gasteiger partial charge is 0.399 e. The Labute approximate surface area is 117 Å². The van der Waals surface area contributed by atoms with Crippen LogP contribution in [0.25, 0.3) is 10.9 Å². The van der Waals surface area contributed by atoms with Crippen LogP contribution in [0.2, 0.25) is 5.02 Å². The zero-order valence-electron chi connectivity index (χ0n) is 10.7. The molecule has 0 atom stereocenters. The number of nitrogen functional groups attached to an aromatic ring is 1. The van der Waals surface area contributed by atoms with Gasteiger partial charge in [-0.3, -0.25) is 0 Å². The number of aryl methyl sites for hydroxylation is 1. The van der Waals surface area contributed by atoms with Crippen molar-refractivity contribution in [2.75, 3.05) is 5.73 Å². The highest BCUT2D eigenvalue weighted by Crippen LogP contribution is 2.24. The lowest BCUT2D eigenvalue weighted by Crippen LogP contribution is -1.99. The minimum atomic E-state index is 0.696. The van der Waals surface area contributed by atoms with E-state index < -0.39 is 0 Å². The maximum Gasteiger partial charge on any atom is 0.0490 e. The normalized spacial score (nSPS) is 11.1. The molecular formula is C16H15ClN2. The van der Waals surface area contributed by atoms with Crippen molar-refractivity contribution in [3.8, 4) is 0 Å². The Bertz CT molecular complexity index is 744. The molecule has 96 valence electrons. The summed E-state index contributed by atoms with van der Waals surface area (Å²) in [5, 5.41) is 2.00. The molecule has 0 unspecified atom stereocenters. The molecule has 2 N–H and O–H groups in total. The first-order valence-corrected chi connectivity index (χ1v) is 6.61. The Morgan fingerprint density at radius 1 is 1.16 bits per heavy atom. The summed E-state index contributed by atoms with van der Waals surface area (Å²) in [6.07, 6.45) is 2.10. The molecule has 2 nitrogen and oxygen atoms in total. The van der Waals surface area contributed by atoms with Crippen molar-refractivity contribution in [3.05, 3.63) is 64.8 Å². The van der Waals surface area contributed by atoms with Gasteiger partial charge in [0.25, 0.3) is 0 Å². The number of anilines is 1. The van der Waals surface area contributed by atoms with E-state index in [0.717, 1.165) is 17.1 Å². The van der Waals surface area contributed by atoms with E-state index in [1.165, 1.54) is 16.5 Å². The molecule has 3 heteroatoms. The van der Waals surface area contributed by atoms with Gasteiger partial charge >= 0.3 is 0 Å². The molecule has 0 amide bonds.